The van der Waals surface area contributed by atoms with Crippen molar-refractivity contribution in [2.24, 2.45) is 0 Å². The summed E-state index contributed by atoms with van der Waals surface area (Å²) in [5.74, 6) is -0.900. The van der Waals surface area contributed by atoms with E-state index in [1.54, 1.807) is 6.07 Å². The third kappa shape index (κ3) is 3.72. The Balaban J connectivity index is 2.16. The minimum Gasteiger partial charge on any atom is -0.507 e. The molecule has 0 fully saturated rings. The number of halogens is 4. The lowest BCUT2D eigenvalue weighted by Gasteiger charge is -2.09. The first kappa shape index (κ1) is 15.3. The van der Waals surface area contributed by atoms with E-state index in [-0.39, 0.29) is 17.0 Å². The first-order valence-electron chi connectivity index (χ1n) is 5.60. The number of alkyl halides is 3. The minimum atomic E-state index is -4.54. The van der Waals surface area contributed by atoms with Gasteiger partial charge in [0, 0.05) is 4.47 Å². The van der Waals surface area contributed by atoms with Crippen molar-refractivity contribution >= 4 is 27.5 Å². The van der Waals surface area contributed by atoms with E-state index in [9.17, 15) is 23.1 Å². The molecule has 0 atom stereocenters. The second-order valence-electron chi connectivity index (χ2n) is 4.05. The van der Waals surface area contributed by atoms with E-state index in [0.29, 0.717) is 4.47 Å². The molecule has 2 aromatic rings. The number of hydrogen-bond acceptors (Lipinski definition) is 3. The molecular weight excluding hydrogens is 353 g/mol. The average Bonchev–Trinajstić information content (AvgIpc) is 2.38. The van der Waals surface area contributed by atoms with Gasteiger partial charge in [-0.15, -0.1) is 0 Å². The summed E-state index contributed by atoms with van der Waals surface area (Å²) in [5, 5.41) is 12.0. The maximum atomic E-state index is 12.4. The topological polar surface area (TPSA) is 62.2 Å². The molecule has 1 aromatic heterocycles. The lowest BCUT2D eigenvalue weighted by Crippen LogP contribution is -2.13. The number of anilines is 1. The highest BCUT2D eigenvalue weighted by molar-refractivity contribution is 9.10. The van der Waals surface area contributed by atoms with Crippen molar-refractivity contribution in [3.8, 4) is 5.75 Å². The van der Waals surface area contributed by atoms with E-state index in [1.807, 2.05) is 0 Å². The summed E-state index contributed by atoms with van der Waals surface area (Å²) in [5.41, 5.74) is -0.958. The molecule has 0 spiro atoms. The molecule has 0 bridgehead atoms. The standard InChI is InChI=1S/C13H8BrF3N2O2/c14-7-1-3-9(10(20)5-7)12(21)19-8-2-4-11(18-6-8)13(15,16)17/h1-6,20H,(H,19,21). The van der Waals surface area contributed by atoms with Crippen LogP contribution in [0.15, 0.2) is 41.0 Å². The van der Waals surface area contributed by atoms with E-state index < -0.39 is 17.8 Å². The summed E-state index contributed by atoms with van der Waals surface area (Å²) in [6.07, 6.45) is -3.64. The van der Waals surface area contributed by atoms with Crippen molar-refractivity contribution in [1.29, 1.82) is 0 Å². The Bertz CT molecular complexity index is 672. The summed E-state index contributed by atoms with van der Waals surface area (Å²) in [6, 6.07) is 6.12. The number of aromatic nitrogens is 1. The average molecular weight is 361 g/mol. The summed E-state index contributed by atoms with van der Waals surface area (Å²) < 4.78 is 37.6. The number of carbonyl (C=O) groups is 1. The molecule has 0 aliphatic heterocycles. The summed E-state index contributed by atoms with van der Waals surface area (Å²) in [7, 11) is 0. The molecule has 2 rings (SSSR count). The SMILES string of the molecule is O=C(Nc1ccc(C(F)(F)F)nc1)c1ccc(Br)cc1O. The maximum absolute atomic E-state index is 12.4. The van der Waals surface area contributed by atoms with Crippen LogP contribution in [-0.2, 0) is 6.18 Å². The van der Waals surface area contributed by atoms with Gasteiger partial charge in [0.25, 0.3) is 5.91 Å². The van der Waals surface area contributed by atoms with Gasteiger partial charge in [0.2, 0.25) is 0 Å². The van der Waals surface area contributed by atoms with Crippen LogP contribution in [0.5, 0.6) is 5.75 Å². The number of hydrogen-bond donors (Lipinski definition) is 2. The van der Waals surface area contributed by atoms with Gasteiger partial charge in [0.1, 0.15) is 11.4 Å². The van der Waals surface area contributed by atoms with Gasteiger partial charge in [0.05, 0.1) is 17.4 Å². The molecular formula is C13H8BrF3N2O2. The minimum absolute atomic E-state index is 0.00176. The number of phenols is 1. The van der Waals surface area contributed by atoms with E-state index in [4.69, 9.17) is 0 Å². The van der Waals surface area contributed by atoms with Crippen molar-refractivity contribution < 1.29 is 23.1 Å². The quantitative estimate of drug-likeness (QED) is 0.855. The van der Waals surface area contributed by atoms with E-state index >= 15 is 0 Å². The molecule has 0 aliphatic rings. The molecule has 1 heterocycles. The monoisotopic (exact) mass is 360 g/mol. The van der Waals surface area contributed by atoms with Gasteiger partial charge in [-0.2, -0.15) is 13.2 Å². The number of nitrogens with zero attached hydrogens (tertiary/aromatic N) is 1. The van der Waals surface area contributed by atoms with Gasteiger partial charge < -0.3 is 10.4 Å². The number of nitrogens with one attached hydrogen (secondary N) is 1. The first-order valence-corrected chi connectivity index (χ1v) is 6.40. The van der Waals surface area contributed by atoms with Crippen molar-refractivity contribution in [2.75, 3.05) is 5.32 Å². The Morgan fingerprint density at radius 2 is 1.95 bits per heavy atom. The van der Waals surface area contributed by atoms with Crippen LogP contribution in [-0.4, -0.2) is 16.0 Å². The number of phenolic OH excluding ortho intramolecular Hbond substituents is 1. The lowest BCUT2D eigenvalue weighted by atomic mass is 10.2. The zero-order chi connectivity index (χ0) is 15.6. The first-order chi connectivity index (χ1) is 9.77. The maximum Gasteiger partial charge on any atom is 0.433 e. The molecule has 0 radical (unpaired) electrons. The largest absolute Gasteiger partial charge is 0.507 e. The molecule has 8 heteroatoms. The summed E-state index contributed by atoms with van der Waals surface area (Å²) in [6.45, 7) is 0. The van der Waals surface area contributed by atoms with E-state index in [2.05, 4.69) is 26.2 Å². The fourth-order valence-corrected chi connectivity index (χ4v) is 1.88. The molecule has 1 amide bonds. The molecule has 2 N–H and O–H groups in total. The lowest BCUT2D eigenvalue weighted by molar-refractivity contribution is -0.141. The molecule has 0 saturated carbocycles. The van der Waals surface area contributed by atoms with Crippen molar-refractivity contribution in [3.05, 3.63) is 52.3 Å². The highest BCUT2D eigenvalue weighted by Crippen LogP contribution is 2.28. The van der Waals surface area contributed by atoms with E-state index in [1.165, 1.54) is 12.1 Å². The molecule has 110 valence electrons. The second-order valence-corrected chi connectivity index (χ2v) is 4.96. The fraction of sp³-hybridized carbons (Fsp3) is 0.0769. The Hall–Kier alpha value is -2.09. The second kappa shape index (κ2) is 5.72. The van der Waals surface area contributed by atoms with Crippen LogP contribution in [0.4, 0.5) is 18.9 Å². The van der Waals surface area contributed by atoms with Gasteiger partial charge in [0.15, 0.2) is 0 Å². The Morgan fingerprint density at radius 3 is 2.48 bits per heavy atom. The zero-order valence-corrected chi connectivity index (χ0v) is 11.9. The number of aromatic hydroxyl groups is 1. The van der Waals surface area contributed by atoms with Crippen LogP contribution < -0.4 is 5.32 Å². The van der Waals surface area contributed by atoms with Crippen LogP contribution in [0.25, 0.3) is 0 Å². The molecule has 0 aliphatic carbocycles. The van der Waals surface area contributed by atoms with Crippen LogP contribution in [0.3, 0.4) is 0 Å². The fourth-order valence-electron chi connectivity index (χ4n) is 1.53. The number of amides is 1. The van der Waals surface area contributed by atoms with Crippen molar-refractivity contribution in [1.82, 2.24) is 4.98 Å². The van der Waals surface area contributed by atoms with Gasteiger partial charge in [-0.05, 0) is 30.3 Å². The Morgan fingerprint density at radius 1 is 1.24 bits per heavy atom. The summed E-state index contributed by atoms with van der Waals surface area (Å²) in [4.78, 5) is 15.1. The molecule has 0 saturated heterocycles. The predicted molar refractivity (Wildman–Crippen MR) is 73.0 cm³/mol. The van der Waals surface area contributed by atoms with Gasteiger partial charge in [-0.1, -0.05) is 15.9 Å². The zero-order valence-electron chi connectivity index (χ0n) is 10.3. The third-order valence-corrected chi connectivity index (χ3v) is 3.01. The number of rotatable bonds is 2. The van der Waals surface area contributed by atoms with Crippen LogP contribution in [0.1, 0.15) is 16.1 Å². The van der Waals surface area contributed by atoms with E-state index in [0.717, 1.165) is 18.3 Å². The van der Waals surface area contributed by atoms with Crippen LogP contribution in [0.2, 0.25) is 0 Å². The van der Waals surface area contributed by atoms with Crippen molar-refractivity contribution in [3.63, 3.8) is 0 Å². The van der Waals surface area contributed by atoms with Gasteiger partial charge in [-0.3, -0.25) is 4.79 Å². The molecule has 21 heavy (non-hydrogen) atoms. The Kier molecular flexibility index (Phi) is 4.17. The highest BCUT2D eigenvalue weighted by atomic mass is 79.9. The highest BCUT2D eigenvalue weighted by Gasteiger charge is 2.32. The number of carbonyl (C=O) groups excluding carboxylic acids is 1. The van der Waals surface area contributed by atoms with Gasteiger partial charge in [-0.25, -0.2) is 4.98 Å². The Labute approximate surface area is 125 Å². The molecule has 0 unspecified atom stereocenters. The molecule has 4 nitrogen and oxygen atoms in total. The van der Waals surface area contributed by atoms with Crippen LogP contribution in [0, 0.1) is 0 Å². The normalized spacial score (nSPS) is 11.2. The summed E-state index contributed by atoms with van der Waals surface area (Å²) >= 11 is 3.13. The number of benzene rings is 1. The van der Waals surface area contributed by atoms with Crippen molar-refractivity contribution in [2.45, 2.75) is 6.18 Å². The number of pyridine rings is 1. The smallest absolute Gasteiger partial charge is 0.433 e. The van der Waals surface area contributed by atoms with Crippen LogP contribution >= 0.6 is 15.9 Å². The van der Waals surface area contributed by atoms with Gasteiger partial charge >= 0.3 is 6.18 Å². The molecule has 1 aromatic carbocycles. The predicted octanol–water partition coefficient (Wildman–Crippen LogP) is 3.82. The third-order valence-electron chi connectivity index (χ3n) is 2.52.